The molecule has 0 saturated heterocycles. The summed E-state index contributed by atoms with van der Waals surface area (Å²) in [5.41, 5.74) is 0. The molecule has 2 N–H and O–H groups in total. The van der Waals surface area contributed by atoms with Crippen LogP contribution in [0.3, 0.4) is 0 Å². The lowest BCUT2D eigenvalue weighted by Crippen LogP contribution is -2.36. The van der Waals surface area contributed by atoms with Gasteiger partial charge in [0.2, 0.25) is 5.82 Å². The summed E-state index contributed by atoms with van der Waals surface area (Å²) in [6.07, 6.45) is 3.34. The third kappa shape index (κ3) is 3.29. The van der Waals surface area contributed by atoms with E-state index >= 15 is 0 Å². The van der Waals surface area contributed by atoms with Crippen molar-refractivity contribution in [2.24, 2.45) is 0 Å². The van der Waals surface area contributed by atoms with Gasteiger partial charge in [-0.25, -0.2) is 4.98 Å². The number of nitrogens with one attached hydrogen (secondary N) is 2. The van der Waals surface area contributed by atoms with Crippen molar-refractivity contribution in [1.29, 1.82) is 0 Å². The lowest BCUT2D eigenvalue weighted by molar-refractivity contribution is 0.0938. The van der Waals surface area contributed by atoms with Gasteiger partial charge < -0.3 is 5.32 Å². The number of aromatic amines is 1. The monoisotopic (exact) mass is 251 g/mol. The highest BCUT2D eigenvalue weighted by molar-refractivity contribution is 5.90. The Bertz CT molecular complexity index is 399. The van der Waals surface area contributed by atoms with Gasteiger partial charge in [-0.2, -0.15) is 0 Å². The fourth-order valence-corrected chi connectivity index (χ4v) is 1.99. The van der Waals surface area contributed by atoms with Crippen LogP contribution in [0.2, 0.25) is 0 Å². The summed E-state index contributed by atoms with van der Waals surface area (Å²) in [5.74, 6) is 0.785. The van der Waals surface area contributed by atoms with Crippen LogP contribution in [0.4, 0.5) is 0 Å². The minimum absolute atomic E-state index is 0.196. The van der Waals surface area contributed by atoms with E-state index in [0.29, 0.717) is 6.54 Å². The maximum absolute atomic E-state index is 11.8. The van der Waals surface area contributed by atoms with Crippen molar-refractivity contribution in [1.82, 2.24) is 25.4 Å². The number of aromatic nitrogens is 3. The molecule has 1 heterocycles. The van der Waals surface area contributed by atoms with Crippen LogP contribution in [0.15, 0.2) is 0 Å². The molecule has 1 aliphatic rings. The molecule has 0 radical (unpaired) electrons. The minimum Gasteiger partial charge on any atom is -0.348 e. The number of aryl methyl sites for hydroxylation is 1. The number of carbonyl (C=O) groups excluding carboxylic acids is 1. The minimum atomic E-state index is -0.196. The molecular formula is C12H21N5O. The quantitative estimate of drug-likeness (QED) is 0.743. The Kier molecular flexibility index (Phi) is 4.30. The van der Waals surface area contributed by atoms with Gasteiger partial charge in [0.05, 0.1) is 0 Å². The van der Waals surface area contributed by atoms with Crippen molar-refractivity contribution < 1.29 is 4.79 Å². The Balaban J connectivity index is 1.73. The maximum Gasteiger partial charge on any atom is 0.291 e. The van der Waals surface area contributed by atoms with Crippen LogP contribution in [-0.2, 0) is 6.42 Å². The molecule has 6 heteroatoms. The molecule has 100 valence electrons. The molecule has 6 nitrogen and oxygen atoms in total. The molecule has 1 aromatic rings. The number of hydrogen-bond acceptors (Lipinski definition) is 4. The number of hydrogen-bond donors (Lipinski definition) is 2. The van der Waals surface area contributed by atoms with Crippen LogP contribution in [0.5, 0.6) is 0 Å². The summed E-state index contributed by atoms with van der Waals surface area (Å²) in [6.45, 7) is 6.72. The summed E-state index contributed by atoms with van der Waals surface area (Å²) in [4.78, 5) is 18.3. The van der Waals surface area contributed by atoms with Crippen molar-refractivity contribution in [2.75, 3.05) is 19.6 Å². The molecule has 18 heavy (non-hydrogen) atoms. The van der Waals surface area contributed by atoms with E-state index in [2.05, 4.69) is 32.3 Å². The SMILES string of the molecule is CCc1nc(C(=O)NCCN(CC)C2CC2)n[nH]1. The van der Waals surface area contributed by atoms with Crippen molar-refractivity contribution in [2.45, 2.75) is 39.2 Å². The van der Waals surface area contributed by atoms with Gasteiger partial charge in [0, 0.05) is 25.6 Å². The number of likely N-dealkylation sites (N-methyl/N-ethyl adjacent to an activating group) is 1. The average Bonchev–Trinajstić information content (AvgIpc) is 3.10. The molecule has 0 spiro atoms. The van der Waals surface area contributed by atoms with Gasteiger partial charge in [-0.15, -0.1) is 5.10 Å². The average molecular weight is 251 g/mol. The highest BCUT2D eigenvalue weighted by Crippen LogP contribution is 2.25. The van der Waals surface area contributed by atoms with Crippen LogP contribution >= 0.6 is 0 Å². The molecule has 0 atom stereocenters. The molecule has 1 fully saturated rings. The third-order valence-corrected chi connectivity index (χ3v) is 3.22. The topological polar surface area (TPSA) is 73.9 Å². The van der Waals surface area contributed by atoms with Gasteiger partial charge >= 0.3 is 0 Å². The first-order valence-electron chi connectivity index (χ1n) is 6.68. The standard InChI is InChI=1S/C12H21N5O/c1-3-10-14-11(16-15-10)12(18)13-7-8-17(4-2)9-5-6-9/h9H,3-8H2,1-2H3,(H,13,18)(H,14,15,16). The Morgan fingerprint density at radius 2 is 2.28 bits per heavy atom. The predicted molar refractivity (Wildman–Crippen MR) is 68.4 cm³/mol. The lowest BCUT2D eigenvalue weighted by atomic mass is 10.4. The zero-order valence-electron chi connectivity index (χ0n) is 11.1. The van der Waals surface area contributed by atoms with Crippen molar-refractivity contribution in [3.63, 3.8) is 0 Å². The second-order valence-corrected chi connectivity index (χ2v) is 4.57. The molecule has 0 aliphatic heterocycles. The first kappa shape index (κ1) is 13.0. The van der Waals surface area contributed by atoms with Crippen LogP contribution in [0, 0.1) is 0 Å². The Morgan fingerprint density at radius 3 is 2.83 bits per heavy atom. The normalized spacial score (nSPS) is 15.1. The van der Waals surface area contributed by atoms with Gasteiger partial charge in [-0.05, 0) is 19.4 Å². The third-order valence-electron chi connectivity index (χ3n) is 3.22. The number of rotatable bonds is 7. The van der Waals surface area contributed by atoms with E-state index in [0.717, 1.165) is 31.4 Å². The molecule has 1 aromatic heterocycles. The maximum atomic E-state index is 11.8. The van der Waals surface area contributed by atoms with Gasteiger partial charge in [0.25, 0.3) is 5.91 Å². The number of H-pyrrole nitrogens is 1. The Morgan fingerprint density at radius 1 is 1.50 bits per heavy atom. The molecule has 0 bridgehead atoms. The van der Waals surface area contributed by atoms with Crippen molar-refractivity contribution in [3.05, 3.63) is 11.6 Å². The van der Waals surface area contributed by atoms with E-state index in [1.54, 1.807) is 0 Å². The van der Waals surface area contributed by atoms with Crippen molar-refractivity contribution >= 4 is 5.91 Å². The van der Waals surface area contributed by atoms with E-state index in [4.69, 9.17) is 0 Å². The largest absolute Gasteiger partial charge is 0.348 e. The zero-order valence-corrected chi connectivity index (χ0v) is 11.1. The number of nitrogens with zero attached hydrogens (tertiary/aromatic N) is 3. The predicted octanol–water partition coefficient (Wildman–Crippen LogP) is 0.581. The van der Waals surface area contributed by atoms with E-state index in [1.807, 2.05) is 6.92 Å². The fraction of sp³-hybridized carbons (Fsp3) is 0.750. The smallest absolute Gasteiger partial charge is 0.291 e. The second kappa shape index (κ2) is 5.95. The lowest BCUT2D eigenvalue weighted by Gasteiger charge is -2.19. The van der Waals surface area contributed by atoms with Gasteiger partial charge in [-0.3, -0.25) is 14.8 Å². The molecule has 0 unspecified atom stereocenters. The van der Waals surface area contributed by atoms with Crippen LogP contribution in [0.1, 0.15) is 43.1 Å². The summed E-state index contributed by atoms with van der Waals surface area (Å²) >= 11 is 0. The second-order valence-electron chi connectivity index (χ2n) is 4.57. The highest BCUT2D eigenvalue weighted by Gasteiger charge is 2.27. The summed E-state index contributed by atoms with van der Waals surface area (Å²) < 4.78 is 0. The van der Waals surface area contributed by atoms with Crippen LogP contribution < -0.4 is 5.32 Å². The number of amides is 1. The summed E-state index contributed by atoms with van der Waals surface area (Å²) in [7, 11) is 0. The number of carbonyl (C=O) groups is 1. The van der Waals surface area contributed by atoms with E-state index < -0.39 is 0 Å². The first-order chi connectivity index (χ1) is 8.74. The van der Waals surface area contributed by atoms with E-state index in [1.165, 1.54) is 12.8 Å². The molecule has 1 amide bonds. The fourth-order valence-electron chi connectivity index (χ4n) is 1.99. The molecule has 1 saturated carbocycles. The van der Waals surface area contributed by atoms with E-state index in [-0.39, 0.29) is 11.7 Å². The highest BCUT2D eigenvalue weighted by atomic mass is 16.2. The van der Waals surface area contributed by atoms with Crippen molar-refractivity contribution in [3.8, 4) is 0 Å². The molecule has 2 rings (SSSR count). The first-order valence-corrected chi connectivity index (χ1v) is 6.68. The van der Waals surface area contributed by atoms with Gasteiger partial charge in [-0.1, -0.05) is 13.8 Å². The Hall–Kier alpha value is -1.43. The Labute approximate surface area is 107 Å². The summed E-state index contributed by atoms with van der Waals surface area (Å²) in [5, 5.41) is 9.49. The van der Waals surface area contributed by atoms with Crippen LogP contribution in [-0.4, -0.2) is 51.7 Å². The summed E-state index contributed by atoms with van der Waals surface area (Å²) in [6, 6.07) is 0.738. The van der Waals surface area contributed by atoms with E-state index in [9.17, 15) is 4.79 Å². The molecule has 0 aromatic carbocycles. The van der Waals surface area contributed by atoms with Gasteiger partial charge in [0.15, 0.2) is 0 Å². The molecular weight excluding hydrogens is 230 g/mol. The van der Waals surface area contributed by atoms with Crippen LogP contribution in [0.25, 0.3) is 0 Å². The molecule has 1 aliphatic carbocycles. The zero-order chi connectivity index (χ0) is 13.0. The van der Waals surface area contributed by atoms with Gasteiger partial charge in [0.1, 0.15) is 5.82 Å².